The number of allylic oxidation sites excluding steroid dienone is 1. The smallest absolute Gasteiger partial charge is 0.135 e. The van der Waals surface area contributed by atoms with Gasteiger partial charge in [-0.3, -0.25) is 0 Å². The third kappa shape index (κ3) is 2.10. The van der Waals surface area contributed by atoms with E-state index in [1.165, 1.54) is 12.8 Å². The average Bonchev–Trinajstić information content (AvgIpc) is 2.70. The van der Waals surface area contributed by atoms with Crippen LogP contribution in [0.5, 0.6) is 5.75 Å². The van der Waals surface area contributed by atoms with Crippen molar-refractivity contribution in [2.45, 2.75) is 18.9 Å². The molecule has 2 aliphatic rings. The minimum Gasteiger partial charge on any atom is -0.495 e. The molecule has 1 aromatic rings. The number of hydrogen-bond donors (Lipinski definition) is 1. The second kappa shape index (κ2) is 4.89. The Bertz CT molecular complexity index is 501. The van der Waals surface area contributed by atoms with Crippen LogP contribution in [0.3, 0.4) is 0 Å². The lowest BCUT2D eigenvalue weighted by atomic mass is 9.71. The van der Waals surface area contributed by atoms with Gasteiger partial charge >= 0.3 is 0 Å². The number of fused-ring (bicyclic) bond motifs is 1. The van der Waals surface area contributed by atoms with Gasteiger partial charge in [-0.25, -0.2) is 0 Å². The molecule has 96 valence electrons. The summed E-state index contributed by atoms with van der Waals surface area (Å²) in [6.07, 6.45) is 7.19. The molecule has 2 nitrogen and oxygen atoms in total. The van der Waals surface area contributed by atoms with E-state index in [9.17, 15) is 0 Å². The molecule has 1 fully saturated rings. The highest BCUT2D eigenvalue weighted by molar-refractivity contribution is 9.11. The summed E-state index contributed by atoms with van der Waals surface area (Å²) in [5.41, 5.74) is 1.11. The van der Waals surface area contributed by atoms with E-state index in [-0.39, 0.29) is 0 Å². The third-order valence-electron chi connectivity index (χ3n) is 3.95. The molecule has 0 saturated heterocycles. The number of methoxy groups -OCH3 is 1. The summed E-state index contributed by atoms with van der Waals surface area (Å²) in [5, 5.41) is 3.62. The molecule has 3 atom stereocenters. The molecule has 0 heterocycles. The van der Waals surface area contributed by atoms with Crippen molar-refractivity contribution in [1.82, 2.24) is 0 Å². The molecule has 0 bridgehead atoms. The van der Waals surface area contributed by atoms with E-state index in [4.69, 9.17) is 4.74 Å². The molecule has 2 aliphatic carbocycles. The van der Waals surface area contributed by atoms with Crippen LogP contribution in [0.4, 0.5) is 5.69 Å². The van der Waals surface area contributed by atoms with E-state index in [0.29, 0.717) is 12.0 Å². The molecule has 4 heteroatoms. The summed E-state index contributed by atoms with van der Waals surface area (Å²) in [7, 11) is 1.69. The summed E-state index contributed by atoms with van der Waals surface area (Å²) in [6.45, 7) is 0. The number of ether oxygens (including phenoxy) is 1. The highest BCUT2D eigenvalue weighted by atomic mass is 79.9. The second-order valence-electron chi connectivity index (χ2n) is 4.95. The molecule has 0 aliphatic heterocycles. The quantitative estimate of drug-likeness (QED) is 0.783. The number of rotatable bonds is 3. The highest BCUT2D eigenvalue weighted by Crippen LogP contribution is 2.45. The Labute approximate surface area is 124 Å². The maximum atomic E-state index is 5.34. The first-order valence-electron chi connectivity index (χ1n) is 6.15. The molecular formula is C14H15Br2NO. The van der Waals surface area contributed by atoms with Crippen LogP contribution in [-0.4, -0.2) is 13.2 Å². The third-order valence-corrected chi connectivity index (χ3v) is 5.22. The Morgan fingerprint density at radius 2 is 2.11 bits per heavy atom. The molecule has 1 saturated carbocycles. The molecule has 1 N–H and O–H groups in total. The highest BCUT2D eigenvalue weighted by Gasteiger charge is 2.41. The Morgan fingerprint density at radius 1 is 1.28 bits per heavy atom. The van der Waals surface area contributed by atoms with Gasteiger partial charge in [0.25, 0.3) is 0 Å². The van der Waals surface area contributed by atoms with Crippen molar-refractivity contribution in [2.24, 2.45) is 11.8 Å². The lowest BCUT2D eigenvalue weighted by molar-refractivity contribution is 0.218. The lowest BCUT2D eigenvalue weighted by Crippen LogP contribution is -2.43. The van der Waals surface area contributed by atoms with Crippen molar-refractivity contribution in [3.05, 3.63) is 33.2 Å². The average molecular weight is 373 g/mol. The van der Waals surface area contributed by atoms with Gasteiger partial charge in [0.05, 0.1) is 17.3 Å². The van der Waals surface area contributed by atoms with E-state index in [1.54, 1.807) is 7.11 Å². The van der Waals surface area contributed by atoms with Crippen LogP contribution in [0, 0.1) is 11.8 Å². The van der Waals surface area contributed by atoms with Crippen LogP contribution in [0.1, 0.15) is 12.8 Å². The fourth-order valence-electron chi connectivity index (χ4n) is 2.88. The van der Waals surface area contributed by atoms with Crippen molar-refractivity contribution in [3.63, 3.8) is 0 Å². The number of benzene rings is 1. The van der Waals surface area contributed by atoms with Crippen LogP contribution < -0.4 is 10.1 Å². The normalized spacial score (nSPS) is 28.7. The minimum absolute atomic E-state index is 0.566. The van der Waals surface area contributed by atoms with Gasteiger partial charge in [0.1, 0.15) is 5.75 Å². The first-order chi connectivity index (χ1) is 8.69. The Kier molecular flexibility index (Phi) is 3.41. The van der Waals surface area contributed by atoms with Gasteiger partial charge in [-0.05, 0) is 56.7 Å². The molecule has 18 heavy (non-hydrogen) atoms. The predicted octanol–water partition coefficient (Wildman–Crippen LogP) is 4.60. The standard InChI is InChI=1S/C14H15Br2NO/c1-18-14-7-13(10(15)6-11(14)16)17-12-5-8-3-2-4-9(8)12/h2,4,6-9,12,17H,3,5H2,1H3. The van der Waals surface area contributed by atoms with E-state index in [0.717, 1.165) is 26.3 Å². The SMILES string of the molecule is COc1cc(NC2CC3CC=CC32)c(Br)cc1Br. The van der Waals surface area contributed by atoms with Gasteiger partial charge in [-0.15, -0.1) is 0 Å². The summed E-state index contributed by atoms with van der Waals surface area (Å²) in [5.74, 6) is 2.45. The summed E-state index contributed by atoms with van der Waals surface area (Å²) in [4.78, 5) is 0. The van der Waals surface area contributed by atoms with E-state index >= 15 is 0 Å². The Balaban J connectivity index is 1.78. The van der Waals surface area contributed by atoms with Gasteiger partial charge < -0.3 is 10.1 Å². The van der Waals surface area contributed by atoms with E-state index in [1.807, 2.05) is 12.1 Å². The summed E-state index contributed by atoms with van der Waals surface area (Å²) in [6, 6.07) is 4.64. The van der Waals surface area contributed by atoms with E-state index < -0.39 is 0 Å². The topological polar surface area (TPSA) is 21.3 Å². The zero-order valence-corrected chi connectivity index (χ0v) is 13.3. The largest absolute Gasteiger partial charge is 0.495 e. The van der Waals surface area contributed by atoms with Crippen LogP contribution in [0.25, 0.3) is 0 Å². The van der Waals surface area contributed by atoms with Gasteiger partial charge in [0.2, 0.25) is 0 Å². The molecule has 3 rings (SSSR count). The maximum Gasteiger partial charge on any atom is 0.135 e. The molecule has 1 aromatic carbocycles. The zero-order chi connectivity index (χ0) is 12.7. The first kappa shape index (κ1) is 12.5. The van der Waals surface area contributed by atoms with Gasteiger partial charge in [-0.1, -0.05) is 12.2 Å². The molecule has 0 aromatic heterocycles. The maximum absolute atomic E-state index is 5.34. The van der Waals surface area contributed by atoms with E-state index in [2.05, 4.69) is 49.3 Å². The van der Waals surface area contributed by atoms with Gasteiger partial charge in [0, 0.05) is 22.5 Å². The van der Waals surface area contributed by atoms with Crippen molar-refractivity contribution in [1.29, 1.82) is 0 Å². The monoisotopic (exact) mass is 371 g/mol. The van der Waals surface area contributed by atoms with Crippen LogP contribution in [-0.2, 0) is 0 Å². The summed E-state index contributed by atoms with van der Waals surface area (Å²) >= 11 is 7.09. The van der Waals surface area contributed by atoms with Crippen molar-refractivity contribution < 1.29 is 4.74 Å². The fraction of sp³-hybridized carbons (Fsp3) is 0.429. The Morgan fingerprint density at radius 3 is 2.83 bits per heavy atom. The number of anilines is 1. The molecule has 3 unspecified atom stereocenters. The fourth-order valence-corrected chi connectivity index (χ4v) is 4.15. The van der Waals surface area contributed by atoms with Gasteiger partial charge in [-0.2, -0.15) is 0 Å². The van der Waals surface area contributed by atoms with Gasteiger partial charge in [0.15, 0.2) is 0 Å². The second-order valence-corrected chi connectivity index (χ2v) is 6.66. The van der Waals surface area contributed by atoms with Crippen LogP contribution in [0.15, 0.2) is 33.2 Å². The van der Waals surface area contributed by atoms with Crippen LogP contribution >= 0.6 is 31.9 Å². The number of hydrogen-bond acceptors (Lipinski definition) is 2. The molecule has 0 amide bonds. The zero-order valence-electron chi connectivity index (χ0n) is 10.1. The summed E-state index contributed by atoms with van der Waals surface area (Å²) < 4.78 is 7.38. The predicted molar refractivity (Wildman–Crippen MR) is 81.2 cm³/mol. The molecular weight excluding hydrogens is 358 g/mol. The first-order valence-corrected chi connectivity index (χ1v) is 7.74. The van der Waals surface area contributed by atoms with Crippen LogP contribution in [0.2, 0.25) is 0 Å². The van der Waals surface area contributed by atoms with Crippen molar-refractivity contribution in [3.8, 4) is 5.75 Å². The van der Waals surface area contributed by atoms with Crippen molar-refractivity contribution >= 4 is 37.5 Å². The molecule has 0 radical (unpaired) electrons. The lowest BCUT2D eigenvalue weighted by Gasteiger charge is -2.41. The van der Waals surface area contributed by atoms with Crippen molar-refractivity contribution in [2.75, 3.05) is 12.4 Å². The Hall–Kier alpha value is -0.480. The number of halogens is 2. The molecule has 0 spiro atoms. The number of nitrogens with one attached hydrogen (secondary N) is 1. The minimum atomic E-state index is 0.566.